The van der Waals surface area contributed by atoms with E-state index in [0.29, 0.717) is 17.4 Å². The maximum Gasteiger partial charge on any atom is 0.417 e. The lowest BCUT2D eigenvalue weighted by Gasteiger charge is -2.31. The molecule has 13 heteroatoms. The minimum absolute atomic E-state index is 0.0329. The fraction of sp³-hybridized carbons (Fsp3) is 0.375. The molecule has 0 unspecified atom stereocenters. The van der Waals surface area contributed by atoms with Crippen molar-refractivity contribution in [2.24, 2.45) is 5.92 Å². The second kappa shape index (κ2) is 11.3. The summed E-state index contributed by atoms with van der Waals surface area (Å²) in [5.74, 6) is -2.25. The zero-order valence-corrected chi connectivity index (χ0v) is 20.9. The Bertz CT molecular complexity index is 1260. The van der Waals surface area contributed by atoms with Crippen LogP contribution in [0.15, 0.2) is 53.4 Å². The lowest BCUT2D eigenvalue weighted by molar-refractivity contribution is -0.158. The third kappa shape index (κ3) is 7.07. The van der Waals surface area contributed by atoms with E-state index in [9.17, 15) is 36.0 Å². The lowest BCUT2D eigenvalue weighted by Crippen LogP contribution is -2.42. The van der Waals surface area contributed by atoms with Crippen molar-refractivity contribution < 1.29 is 40.7 Å². The summed E-state index contributed by atoms with van der Waals surface area (Å²) >= 11 is 0. The maximum absolute atomic E-state index is 13.3. The predicted molar refractivity (Wildman–Crippen MR) is 128 cm³/mol. The molecule has 2 aromatic rings. The van der Waals surface area contributed by atoms with Gasteiger partial charge in [-0.15, -0.1) is 0 Å². The molecule has 1 saturated heterocycles. The topological polar surface area (TPSA) is 122 Å². The molecule has 2 N–H and O–H groups in total. The van der Waals surface area contributed by atoms with Crippen molar-refractivity contribution in [3.8, 4) is 0 Å². The molecule has 0 spiro atoms. The second-order valence-electron chi connectivity index (χ2n) is 8.50. The standard InChI is InChI=1S/C24H26F3N3O6S/c1-15(22(32)29-19-9-7-18(8-10-19)28-16(2)31)36-23(33)17-11-13-30(14-12-17)37(34,35)21-6-4-3-5-20(21)24(25,26)27/h3-10,15,17H,11-14H2,1-2H3,(H,28,31)(H,29,32)/t15-/m0/s1. The molecule has 3 rings (SSSR count). The molecule has 2 amide bonds. The first-order valence-electron chi connectivity index (χ1n) is 11.3. The van der Waals surface area contributed by atoms with E-state index in [4.69, 9.17) is 4.74 Å². The molecule has 1 aliphatic rings. The van der Waals surface area contributed by atoms with Gasteiger partial charge in [-0.1, -0.05) is 12.1 Å². The molecule has 0 aromatic heterocycles. The SMILES string of the molecule is CC(=O)Nc1ccc(NC(=O)[C@H](C)OC(=O)C2CCN(S(=O)(=O)c3ccccc3C(F)(F)F)CC2)cc1. The minimum Gasteiger partial charge on any atom is -0.452 e. The number of sulfonamides is 1. The van der Waals surface area contributed by atoms with Crippen LogP contribution in [0.1, 0.15) is 32.3 Å². The Kier molecular flexibility index (Phi) is 8.59. The first-order chi connectivity index (χ1) is 17.3. The van der Waals surface area contributed by atoms with Gasteiger partial charge in [-0.25, -0.2) is 8.42 Å². The quantitative estimate of drug-likeness (QED) is 0.517. The van der Waals surface area contributed by atoms with E-state index in [-0.39, 0.29) is 31.8 Å². The number of amides is 2. The van der Waals surface area contributed by atoms with Crippen LogP contribution >= 0.6 is 0 Å². The van der Waals surface area contributed by atoms with Crippen LogP contribution in [0, 0.1) is 5.92 Å². The molecule has 1 fully saturated rings. The Balaban J connectivity index is 1.55. The number of piperidine rings is 1. The smallest absolute Gasteiger partial charge is 0.417 e. The summed E-state index contributed by atoms with van der Waals surface area (Å²) in [5.41, 5.74) is -0.291. The highest BCUT2D eigenvalue weighted by Gasteiger charge is 2.40. The summed E-state index contributed by atoms with van der Waals surface area (Å²) in [4.78, 5) is 35.2. The van der Waals surface area contributed by atoms with Crippen LogP contribution in [0.4, 0.5) is 24.5 Å². The van der Waals surface area contributed by atoms with Crippen LogP contribution in [-0.2, 0) is 35.3 Å². The number of esters is 1. The highest BCUT2D eigenvalue weighted by atomic mass is 32.2. The summed E-state index contributed by atoms with van der Waals surface area (Å²) in [6.45, 7) is 2.40. The third-order valence-corrected chi connectivity index (χ3v) is 7.69. The van der Waals surface area contributed by atoms with Crippen molar-refractivity contribution in [1.82, 2.24) is 4.31 Å². The number of benzene rings is 2. The summed E-state index contributed by atoms with van der Waals surface area (Å²) in [6.07, 6.45) is -5.92. The van der Waals surface area contributed by atoms with Gasteiger partial charge in [0.1, 0.15) is 0 Å². The number of halogens is 3. The molecule has 0 bridgehead atoms. The van der Waals surface area contributed by atoms with Crippen molar-refractivity contribution in [2.75, 3.05) is 23.7 Å². The van der Waals surface area contributed by atoms with Gasteiger partial charge in [0, 0.05) is 31.4 Å². The Morgan fingerprint density at radius 1 is 0.973 bits per heavy atom. The average Bonchev–Trinajstić information content (AvgIpc) is 2.84. The van der Waals surface area contributed by atoms with Gasteiger partial charge < -0.3 is 15.4 Å². The van der Waals surface area contributed by atoms with E-state index in [1.807, 2.05) is 0 Å². The van der Waals surface area contributed by atoms with Crippen molar-refractivity contribution in [2.45, 2.75) is 43.9 Å². The Hall–Kier alpha value is -3.45. The molecule has 2 aromatic carbocycles. The van der Waals surface area contributed by atoms with Crippen molar-refractivity contribution in [3.63, 3.8) is 0 Å². The molecule has 200 valence electrons. The maximum atomic E-state index is 13.3. The van der Waals surface area contributed by atoms with Crippen molar-refractivity contribution >= 4 is 39.2 Å². The first-order valence-corrected chi connectivity index (χ1v) is 12.8. The van der Waals surface area contributed by atoms with Gasteiger partial charge in [0.25, 0.3) is 5.91 Å². The minimum atomic E-state index is -4.84. The average molecular weight is 542 g/mol. The van der Waals surface area contributed by atoms with Crippen LogP contribution in [0.3, 0.4) is 0 Å². The molecule has 0 radical (unpaired) electrons. The number of carbonyl (C=O) groups is 3. The zero-order valence-electron chi connectivity index (χ0n) is 20.0. The predicted octanol–water partition coefficient (Wildman–Crippen LogP) is 3.63. The van der Waals surface area contributed by atoms with Gasteiger partial charge in [-0.2, -0.15) is 17.5 Å². The van der Waals surface area contributed by atoms with E-state index >= 15 is 0 Å². The molecule has 9 nitrogen and oxygen atoms in total. The molecule has 1 aliphatic heterocycles. The number of nitrogens with zero attached hydrogens (tertiary/aromatic N) is 1. The number of nitrogens with one attached hydrogen (secondary N) is 2. The Morgan fingerprint density at radius 2 is 1.51 bits per heavy atom. The molecule has 0 aliphatic carbocycles. The van der Waals surface area contributed by atoms with Gasteiger partial charge >= 0.3 is 12.1 Å². The van der Waals surface area contributed by atoms with Crippen molar-refractivity contribution in [3.05, 3.63) is 54.1 Å². The number of anilines is 2. The zero-order chi connectivity index (χ0) is 27.4. The van der Waals surface area contributed by atoms with Gasteiger partial charge in [-0.3, -0.25) is 14.4 Å². The fourth-order valence-electron chi connectivity index (χ4n) is 3.80. The van der Waals surface area contributed by atoms with Gasteiger partial charge in [0.2, 0.25) is 15.9 Å². The number of alkyl halides is 3. The Morgan fingerprint density at radius 3 is 2.05 bits per heavy atom. The van der Waals surface area contributed by atoms with E-state index < -0.39 is 50.6 Å². The molecule has 1 atom stereocenters. The normalized spacial score (nSPS) is 16.0. The highest BCUT2D eigenvalue weighted by molar-refractivity contribution is 7.89. The van der Waals surface area contributed by atoms with Crippen LogP contribution in [0.2, 0.25) is 0 Å². The van der Waals surface area contributed by atoms with E-state index in [1.54, 1.807) is 24.3 Å². The Labute approximate surface area is 212 Å². The van der Waals surface area contributed by atoms with E-state index in [0.717, 1.165) is 16.4 Å². The number of carbonyl (C=O) groups excluding carboxylic acids is 3. The number of ether oxygens (including phenoxy) is 1. The fourth-order valence-corrected chi connectivity index (χ4v) is 5.49. The number of hydrogen-bond donors (Lipinski definition) is 2. The summed E-state index contributed by atoms with van der Waals surface area (Å²) in [5, 5.41) is 5.17. The lowest BCUT2D eigenvalue weighted by atomic mass is 9.98. The number of hydrogen-bond acceptors (Lipinski definition) is 6. The largest absolute Gasteiger partial charge is 0.452 e. The third-order valence-electron chi connectivity index (χ3n) is 5.73. The highest BCUT2D eigenvalue weighted by Crippen LogP contribution is 2.36. The van der Waals surface area contributed by atoms with Crippen molar-refractivity contribution in [1.29, 1.82) is 0 Å². The molecular formula is C24H26F3N3O6S. The molecule has 1 heterocycles. The molecule has 37 heavy (non-hydrogen) atoms. The second-order valence-corrected chi connectivity index (χ2v) is 10.4. The van der Waals surface area contributed by atoms with Crippen LogP contribution in [0.5, 0.6) is 0 Å². The van der Waals surface area contributed by atoms with Crippen LogP contribution in [-0.4, -0.2) is 49.7 Å². The molecule has 0 saturated carbocycles. The van der Waals surface area contributed by atoms with Crippen LogP contribution < -0.4 is 10.6 Å². The van der Waals surface area contributed by atoms with Gasteiger partial charge in [0.05, 0.1) is 16.4 Å². The van der Waals surface area contributed by atoms with Gasteiger partial charge in [-0.05, 0) is 56.2 Å². The first kappa shape index (κ1) is 28.1. The summed E-state index contributed by atoms with van der Waals surface area (Å²) < 4.78 is 71.9. The van der Waals surface area contributed by atoms with E-state index in [1.165, 1.54) is 19.9 Å². The van der Waals surface area contributed by atoms with E-state index in [2.05, 4.69) is 10.6 Å². The monoisotopic (exact) mass is 541 g/mol. The summed E-state index contributed by atoms with van der Waals surface area (Å²) in [7, 11) is -4.43. The number of rotatable bonds is 7. The van der Waals surface area contributed by atoms with Gasteiger partial charge in [0.15, 0.2) is 6.10 Å². The van der Waals surface area contributed by atoms with Crippen LogP contribution in [0.25, 0.3) is 0 Å². The summed E-state index contributed by atoms with van der Waals surface area (Å²) in [6, 6.07) is 10.2. The molecular weight excluding hydrogens is 515 g/mol.